The van der Waals surface area contributed by atoms with Gasteiger partial charge in [0, 0.05) is 18.8 Å². The molecule has 3 aliphatic rings. The predicted molar refractivity (Wildman–Crippen MR) is 108 cm³/mol. The Balaban J connectivity index is 1.33. The van der Waals surface area contributed by atoms with Crippen LogP contribution in [0.1, 0.15) is 32.6 Å². The second-order valence-electron chi connectivity index (χ2n) is 6.78. The van der Waals surface area contributed by atoms with Crippen LogP contribution in [0.3, 0.4) is 0 Å². The van der Waals surface area contributed by atoms with Crippen molar-refractivity contribution in [1.82, 2.24) is 5.32 Å². The zero-order valence-corrected chi connectivity index (χ0v) is 16.4. The minimum Gasteiger partial charge on any atom is -0.459 e. The van der Waals surface area contributed by atoms with Gasteiger partial charge in [0.15, 0.2) is 0 Å². The number of aliphatic imine (C=N–C) groups is 1. The van der Waals surface area contributed by atoms with Crippen LogP contribution in [0.25, 0.3) is 0 Å². The fraction of sp³-hybridized carbons (Fsp3) is 0.650. The molecule has 1 aliphatic heterocycles. The average molecular weight is 379 g/mol. The first kappa shape index (κ1) is 19.5. The van der Waals surface area contributed by atoms with Gasteiger partial charge in [0.1, 0.15) is 6.10 Å². The molecular formula is C20H30N2O3S. The molecule has 0 amide bonds. The number of thiol groups is 1. The molecule has 1 fully saturated rings. The second kappa shape index (κ2) is 10.2. The van der Waals surface area contributed by atoms with Crippen LogP contribution in [0.4, 0.5) is 0 Å². The fourth-order valence-corrected chi connectivity index (χ4v) is 3.67. The van der Waals surface area contributed by atoms with Gasteiger partial charge in [-0.3, -0.25) is 0 Å². The Labute approximate surface area is 162 Å². The van der Waals surface area contributed by atoms with Crippen LogP contribution in [0.2, 0.25) is 0 Å². The molecule has 5 nitrogen and oxygen atoms in total. The van der Waals surface area contributed by atoms with E-state index in [2.05, 4.69) is 53.3 Å². The van der Waals surface area contributed by atoms with Crippen molar-refractivity contribution in [3.8, 4) is 0 Å². The van der Waals surface area contributed by atoms with Crippen LogP contribution in [0.5, 0.6) is 0 Å². The molecule has 1 N–H and O–H groups in total. The van der Waals surface area contributed by atoms with Crippen molar-refractivity contribution in [3.05, 3.63) is 36.0 Å². The maximum Gasteiger partial charge on any atom is 0.285 e. The van der Waals surface area contributed by atoms with Gasteiger partial charge >= 0.3 is 0 Å². The van der Waals surface area contributed by atoms with E-state index in [0.717, 1.165) is 38.0 Å². The van der Waals surface area contributed by atoms with E-state index < -0.39 is 0 Å². The highest BCUT2D eigenvalue weighted by Gasteiger charge is 2.32. The molecule has 0 aromatic heterocycles. The van der Waals surface area contributed by atoms with Crippen molar-refractivity contribution in [3.63, 3.8) is 0 Å². The van der Waals surface area contributed by atoms with Crippen molar-refractivity contribution in [2.24, 2.45) is 4.99 Å². The fourth-order valence-electron chi connectivity index (χ4n) is 3.44. The first-order chi connectivity index (χ1) is 12.8. The van der Waals surface area contributed by atoms with Gasteiger partial charge < -0.3 is 19.5 Å². The molecule has 0 aromatic rings. The molecule has 144 valence electrons. The first-order valence-corrected chi connectivity index (χ1v) is 10.3. The van der Waals surface area contributed by atoms with Gasteiger partial charge in [-0.25, -0.2) is 4.99 Å². The Morgan fingerprint density at radius 3 is 2.96 bits per heavy atom. The Morgan fingerprint density at radius 1 is 1.35 bits per heavy atom. The third-order valence-corrected chi connectivity index (χ3v) is 5.24. The lowest BCUT2D eigenvalue weighted by molar-refractivity contribution is 0.0791. The van der Waals surface area contributed by atoms with Gasteiger partial charge in [0.25, 0.3) is 6.02 Å². The number of ether oxygens (including phenoxy) is 3. The van der Waals surface area contributed by atoms with Crippen LogP contribution in [0, 0.1) is 0 Å². The van der Waals surface area contributed by atoms with Crippen molar-refractivity contribution in [2.45, 2.75) is 57.0 Å². The number of nitrogens with zero attached hydrogens (tertiary/aromatic N) is 1. The maximum atomic E-state index is 5.91. The summed E-state index contributed by atoms with van der Waals surface area (Å²) < 4.78 is 17.4. The summed E-state index contributed by atoms with van der Waals surface area (Å²) in [5.74, 6) is 0.743. The van der Waals surface area contributed by atoms with Crippen LogP contribution in [-0.2, 0) is 14.2 Å². The molecule has 1 saturated heterocycles. The van der Waals surface area contributed by atoms with E-state index in [1.165, 1.54) is 5.57 Å². The summed E-state index contributed by atoms with van der Waals surface area (Å²) in [5, 5.41) is 3.35. The Hall–Kier alpha value is -1.24. The molecule has 4 unspecified atom stereocenters. The summed E-state index contributed by atoms with van der Waals surface area (Å²) in [6.45, 7) is 3.96. The monoisotopic (exact) mass is 378 g/mol. The molecule has 0 radical (unpaired) electrons. The molecule has 2 aliphatic carbocycles. The van der Waals surface area contributed by atoms with E-state index in [9.17, 15) is 0 Å². The lowest BCUT2D eigenvalue weighted by Crippen LogP contribution is -2.32. The summed E-state index contributed by atoms with van der Waals surface area (Å²) in [5.41, 5.74) is 1.30. The van der Waals surface area contributed by atoms with E-state index in [1.54, 1.807) is 0 Å². The van der Waals surface area contributed by atoms with Gasteiger partial charge in [0.2, 0.25) is 0 Å². The number of hydrogen-bond acceptors (Lipinski definition) is 5. The molecule has 1 heterocycles. The average Bonchev–Trinajstić information content (AvgIpc) is 3.09. The number of allylic oxidation sites excluding steroid dienone is 1. The lowest BCUT2D eigenvalue weighted by atomic mass is 10.00. The Kier molecular flexibility index (Phi) is 7.65. The summed E-state index contributed by atoms with van der Waals surface area (Å²) in [7, 11) is 0. The topological polar surface area (TPSA) is 52.1 Å². The van der Waals surface area contributed by atoms with Gasteiger partial charge in [0.05, 0.1) is 31.4 Å². The minimum atomic E-state index is 0.129. The van der Waals surface area contributed by atoms with Crippen LogP contribution in [-0.4, -0.2) is 55.9 Å². The zero-order chi connectivity index (χ0) is 18.2. The summed E-state index contributed by atoms with van der Waals surface area (Å²) in [4.78, 5) is 4.48. The zero-order valence-electron chi connectivity index (χ0n) is 15.5. The third-order valence-electron chi connectivity index (χ3n) is 4.83. The molecule has 4 atom stereocenters. The number of rotatable bonds is 9. The summed E-state index contributed by atoms with van der Waals surface area (Å²) in [6, 6.07) is 1.05. The largest absolute Gasteiger partial charge is 0.459 e. The third kappa shape index (κ3) is 5.63. The van der Waals surface area contributed by atoms with Crippen LogP contribution < -0.4 is 5.32 Å². The Morgan fingerprint density at radius 2 is 2.23 bits per heavy atom. The minimum absolute atomic E-state index is 0.129. The van der Waals surface area contributed by atoms with E-state index >= 15 is 0 Å². The summed E-state index contributed by atoms with van der Waals surface area (Å²) in [6.07, 6.45) is 15.2. The number of fused-ring (bicyclic) bond motifs is 1. The molecule has 6 heteroatoms. The van der Waals surface area contributed by atoms with E-state index in [-0.39, 0.29) is 18.3 Å². The molecule has 3 rings (SSSR count). The smallest absolute Gasteiger partial charge is 0.285 e. The highest BCUT2D eigenvalue weighted by molar-refractivity contribution is 7.80. The van der Waals surface area contributed by atoms with Gasteiger partial charge in [-0.1, -0.05) is 30.4 Å². The number of hydrogen-bond donors (Lipinski definition) is 2. The van der Waals surface area contributed by atoms with Crippen LogP contribution >= 0.6 is 12.6 Å². The van der Waals surface area contributed by atoms with Crippen LogP contribution in [0.15, 0.2) is 40.9 Å². The van der Waals surface area contributed by atoms with E-state index in [1.807, 2.05) is 6.92 Å². The van der Waals surface area contributed by atoms with E-state index in [0.29, 0.717) is 25.2 Å². The molecule has 0 spiro atoms. The molecule has 0 bridgehead atoms. The molecule has 26 heavy (non-hydrogen) atoms. The molecule has 0 aromatic carbocycles. The Bertz CT molecular complexity index is 555. The highest BCUT2D eigenvalue weighted by Crippen LogP contribution is 2.21. The van der Waals surface area contributed by atoms with Gasteiger partial charge in [-0.2, -0.15) is 12.6 Å². The predicted octanol–water partition coefficient (Wildman–Crippen LogP) is 3.05. The standard InChI is InChI=1S/C20H30N2O3S/c1-2-23-17(14-26)13-15-7-9-16(10-8-15)24-12-11-21-20-22-18-5-3-4-6-19(18)25-20/h3-4,7-9,16-19,26H,2,5-6,10-14H2,1H3,(H,21,22). The molecule has 0 saturated carbocycles. The second-order valence-corrected chi connectivity index (χ2v) is 7.15. The van der Waals surface area contributed by atoms with Gasteiger partial charge in [-0.15, -0.1) is 0 Å². The quantitative estimate of drug-likeness (QED) is 0.368. The van der Waals surface area contributed by atoms with Crippen molar-refractivity contribution < 1.29 is 14.2 Å². The van der Waals surface area contributed by atoms with Crippen molar-refractivity contribution in [2.75, 3.05) is 25.5 Å². The molecular weight excluding hydrogens is 348 g/mol. The number of nitrogens with one attached hydrogen (secondary N) is 1. The summed E-state index contributed by atoms with van der Waals surface area (Å²) >= 11 is 4.36. The SMILES string of the molecule is CCOC(CS)CC1=CCC(OCCN=C2NC3CC=CCC3O2)C=C1. The normalized spacial score (nSPS) is 29.8. The maximum absolute atomic E-state index is 5.91. The first-order valence-electron chi connectivity index (χ1n) is 9.62. The highest BCUT2D eigenvalue weighted by atomic mass is 32.1. The van der Waals surface area contributed by atoms with E-state index in [4.69, 9.17) is 14.2 Å². The van der Waals surface area contributed by atoms with Crippen molar-refractivity contribution >= 4 is 18.7 Å². The lowest BCUT2D eigenvalue weighted by Gasteiger charge is -2.20. The van der Waals surface area contributed by atoms with Crippen molar-refractivity contribution in [1.29, 1.82) is 0 Å². The number of amidine groups is 1. The van der Waals surface area contributed by atoms with Gasteiger partial charge in [-0.05, 0) is 31.8 Å².